The molecule has 0 unspecified atom stereocenters. The van der Waals surface area contributed by atoms with Crippen molar-refractivity contribution in [1.29, 1.82) is 0 Å². The van der Waals surface area contributed by atoms with Crippen LogP contribution in [0.15, 0.2) is 60.7 Å². The van der Waals surface area contributed by atoms with Crippen LogP contribution in [0.5, 0.6) is 0 Å². The second-order valence-corrected chi connectivity index (χ2v) is 12.8. The first-order chi connectivity index (χ1) is 24.2. The number of nitrogens with two attached hydrogens (primary N) is 3. The zero-order valence-electron chi connectivity index (χ0n) is 30.6. The number of nitrogens with one attached hydrogen (secondary N) is 5. The van der Waals surface area contributed by atoms with Gasteiger partial charge in [0.15, 0.2) is 0 Å². The Bertz CT molecular complexity index is 1380. The number of unbranched alkanes of at least 4 members (excludes halogenated alkanes) is 1. The number of benzene rings is 2. The van der Waals surface area contributed by atoms with Crippen LogP contribution >= 0.6 is 0 Å². The van der Waals surface area contributed by atoms with Crippen molar-refractivity contribution in [3.63, 3.8) is 0 Å². The lowest BCUT2D eigenvalue weighted by Crippen LogP contribution is -2.58. The highest BCUT2D eigenvalue weighted by atomic mass is 16.2. The van der Waals surface area contributed by atoms with Crippen molar-refractivity contribution in [1.82, 2.24) is 26.9 Å². The van der Waals surface area contributed by atoms with E-state index in [9.17, 15) is 28.8 Å². The van der Waals surface area contributed by atoms with Crippen LogP contribution in [-0.4, -0.2) is 59.5 Å². The number of primary amides is 2. The van der Waals surface area contributed by atoms with Gasteiger partial charge in [-0.05, 0) is 42.7 Å². The van der Waals surface area contributed by atoms with Gasteiger partial charge in [0, 0.05) is 25.7 Å². The molecule has 0 aromatic heterocycles. The van der Waals surface area contributed by atoms with Gasteiger partial charge in [0.2, 0.25) is 29.5 Å². The molecule has 282 valence electrons. The summed E-state index contributed by atoms with van der Waals surface area (Å²) in [4.78, 5) is 71.4. The van der Waals surface area contributed by atoms with Gasteiger partial charge in [0.25, 0.3) is 0 Å². The summed E-state index contributed by atoms with van der Waals surface area (Å²) in [5.41, 5.74) is 20.5. The number of hydrogen-bond donors (Lipinski definition) is 8. The molecule has 14 heteroatoms. The number of ketones is 1. The second-order valence-electron chi connectivity index (χ2n) is 12.8. The number of carbonyl (C=O) groups excluding carboxylic acids is 6. The topological polar surface area (TPSA) is 241 Å². The zero-order chi connectivity index (χ0) is 38.3. The number of hydrazine groups is 2. The Morgan fingerprint density at radius 3 is 1.45 bits per heavy atom. The van der Waals surface area contributed by atoms with E-state index < -0.39 is 41.9 Å². The minimum atomic E-state index is -0.851. The van der Waals surface area contributed by atoms with Crippen molar-refractivity contribution in [3.8, 4) is 0 Å². The van der Waals surface area contributed by atoms with E-state index in [1.54, 1.807) is 0 Å². The molecular weight excluding hydrogens is 652 g/mol. The first-order valence-corrected chi connectivity index (χ1v) is 17.5. The molecule has 6 atom stereocenters. The van der Waals surface area contributed by atoms with Gasteiger partial charge in [-0.2, -0.15) is 0 Å². The van der Waals surface area contributed by atoms with Crippen LogP contribution in [0.25, 0.3) is 0 Å². The van der Waals surface area contributed by atoms with Crippen molar-refractivity contribution in [3.05, 3.63) is 71.8 Å². The smallest absolute Gasteiger partial charge is 0.240 e. The Hall–Kier alpha value is -4.66. The SMILES string of the molecule is CC[C@H](C)[C@H](NN)C(=O)N[C@@H](Cc1ccccc1)C(N)=O.CC[C@H](C)[C@H](NNC(=O)CCCCC(C)=O)C(=O)N[C@@H](Cc1ccccc1)C(N)=O. The monoisotopic (exact) mass is 710 g/mol. The van der Waals surface area contributed by atoms with E-state index in [1.807, 2.05) is 88.4 Å². The van der Waals surface area contributed by atoms with Crippen molar-refractivity contribution in [2.75, 3.05) is 0 Å². The van der Waals surface area contributed by atoms with Crippen molar-refractivity contribution in [2.45, 2.75) is 110 Å². The molecule has 2 aromatic rings. The number of rotatable bonds is 22. The maximum Gasteiger partial charge on any atom is 0.240 e. The standard InChI is InChI=1S/C22H34N4O4.C15H24N4O2/c1-4-15(2)20(26-25-19(28)13-9-8-10-16(3)27)22(30)24-18(21(23)29)14-17-11-6-5-7-12-17;1-3-10(2)13(19-17)15(21)18-12(14(16)20)9-11-7-5-4-6-8-11/h5-7,11-12,15,18,20,26H,4,8-10,13-14H2,1-3H3,(H2,23,29)(H,24,30)(H,25,28);4-8,10,12-13,19H,3,9,17H2,1-2H3,(H2,16,20)(H,18,21)/t15-,18-,20-;10-,12-,13-/m00/s1. The van der Waals surface area contributed by atoms with E-state index in [2.05, 4.69) is 26.9 Å². The highest BCUT2D eigenvalue weighted by Crippen LogP contribution is 2.11. The molecule has 0 saturated carbocycles. The lowest BCUT2D eigenvalue weighted by atomic mass is 9.98. The van der Waals surface area contributed by atoms with Crippen molar-refractivity contribution in [2.24, 2.45) is 29.1 Å². The lowest BCUT2D eigenvalue weighted by Gasteiger charge is -2.26. The minimum Gasteiger partial charge on any atom is -0.368 e. The fourth-order valence-corrected chi connectivity index (χ4v) is 4.98. The lowest BCUT2D eigenvalue weighted by molar-refractivity contribution is -0.130. The number of amides is 5. The Balaban J connectivity index is 0.000000543. The molecule has 0 fully saturated rings. The first kappa shape index (κ1) is 44.4. The summed E-state index contributed by atoms with van der Waals surface area (Å²) in [7, 11) is 0. The molecule has 51 heavy (non-hydrogen) atoms. The minimum absolute atomic E-state index is 0.0558. The number of hydrogen-bond acceptors (Lipinski definition) is 9. The molecule has 5 amide bonds. The third kappa shape index (κ3) is 17.7. The predicted octanol–water partition coefficient (Wildman–Crippen LogP) is 1.46. The molecule has 0 saturated heterocycles. The predicted molar refractivity (Wildman–Crippen MR) is 197 cm³/mol. The van der Waals surface area contributed by atoms with Crippen LogP contribution in [0, 0.1) is 11.8 Å². The van der Waals surface area contributed by atoms with Gasteiger partial charge in [0.1, 0.15) is 30.0 Å². The average molecular weight is 711 g/mol. The highest BCUT2D eigenvalue weighted by Gasteiger charge is 2.29. The molecule has 14 nitrogen and oxygen atoms in total. The zero-order valence-corrected chi connectivity index (χ0v) is 30.6. The maximum atomic E-state index is 12.8. The van der Waals surface area contributed by atoms with Crippen LogP contribution in [-0.2, 0) is 41.6 Å². The van der Waals surface area contributed by atoms with Gasteiger partial charge in [-0.1, -0.05) is 101 Å². The Morgan fingerprint density at radius 1 is 0.647 bits per heavy atom. The Kier molecular flexibility index (Phi) is 21.3. The van der Waals surface area contributed by atoms with Crippen LogP contribution in [0.2, 0.25) is 0 Å². The molecule has 0 spiro atoms. The van der Waals surface area contributed by atoms with Gasteiger partial charge in [-0.3, -0.25) is 35.2 Å². The average Bonchev–Trinajstić information content (AvgIpc) is 3.10. The van der Waals surface area contributed by atoms with Crippen LogP contribution < -0.4 is 44.2 Å². The van der Waals surface area contributed by atoms with Gasteiger partial charge in [0.05, 0.1) is 0 Å². The molecule has 0 aliphatic rings. The highest BCUT2D eigenvalue weighted by molar-refractivity contribution is 5.90. The molecule has 0 bridgehead atoms. The third-order valence-electron chi connectivity index (χ3n) is 8.61. The van der Waals surface area contributed by atoms with Crippen molar-refractivity contribution >= 4 is 35.3 Å². The molecule has 2 aromatic carbocycles. The van der Waals surface area contributed by atoms with Crippen molar-refractivity contribution < 1.29 is 28.8 Å². The summed E-state index contributed by atoms with van der Waals surface area (Å²) in [6.45, 7) is 9.23. The fraction of sp³-hybridized carbons (Fsp3) is 0.514. The summed E-state index contributed by atoms with van der Waals surface area (Å²) in [6, 6.07) is 15.8. The summed E-state index contributed by atoms with van der Waals surface area (Å²) in [6.07, 6.45) is 4.09. The van der Waals surface area contributed by atoms with Gasteiger partial charge < -0.3 is 26.9 Å². The molecule has 2 rings (SSSR count). The molecule has 0 heterocycles. The second kappa shape index (κ2) is 24.5. The summed E-state index contributed by atoms with van der Waals surface area (Å²) in [5, 5.41) is 5.38. The fourth-order valence-electron chi connectivity index (χ4n) is 4.98. The van der Waals surface area contributed by atoms with E-state index in [0.29, 0.717) is 32.1 Å². The third-order valence-corrected chi connectivity index (χ3v) is 8.61. The van der Waals surface area contributed by atoms with Gasteiger partial charge in [-0.15, -0.1) is 0 Å². The van der Waals surface area contributed by atoms with E-state index in [0.717, 1.165) is 17.5 Å². The van der Waals surface area contributed by atoms with E-state index in [4.69, 9.17) is 17.3 Å². The number of carbonyl (C=O) groups is 6. The van der Waals surface area contributed by atoms with Crippen LogP contribution in [0.3, 0.4) is 0 Å². The summed E-state index contributed by atoms with van der Waals surface area (Å²) >= 11 is 0. The molecule has 0 radical (unpaired) electrons. The quantitative estimate of drug-likeness (QED) is 0.0501. The largest absolute Gasteiger partial charge is 0.368 e. The maximum absolute atomic E-state index is 12.8. The van der Waals surface area contributed by atoms with E-state index in [1.165, 1.54) is 6.92 Å². The summed E-state index contributed by atoms with van der Waals surface area (Å²) < 4.78 is 0. The molecule has 0 aliphatic heterocycles. The Morgan fingerprint density at radius 2 is 1.06 bits per heavy atom. The number of Topliss-reactive ketones (excluding diaryl/α,β-unsaturated/α-hetero) is 1. The van der Waals surface area contributed by atoms with Crippen LogP contribution in [0.4, 0.5) is 0 Å². The van der Waals surface area contributed by atoms with E-state index >= 15 is 0 Å². The Labute approximate surface area is 301 Å². The molecule has 0 aliphatic carbocycles. The molecular formula is C37H58N8O6. The van der Waals surface area contributed by atoms with E-state index in [-0.39, 0.29) is 42.3 Å². The van der Waals surface area contributed by atoms with Gasteiger partial charge >= 0.3 is 0 Å². The molecule has 11 N–H and O–H groups in total. The van der Waals surface area contributed by atoms with Crippen LogP contribution in [0.1, 0.15) is 84.3 Å². The first-order valence-electron chi connectivity index (χ1n) is 17.5. The van der Waals surface area contributed by atoms with Gasteiger partial charge in [-0.25, -0.2) is 10.9 Å². The summed E-state index contributed by atoms with van der Waals surface area (Å²) in [5.74, 6) is 3.34. The normalized spacial score (nSPS) is 14.2.